The van der Waals surface area contributed by atoms with Crippen molar-refractivity contribution in [2.45, 2.75) is 11.4 Å². The van der Waals surface area contributed by atoms with Gasteiger partial charge in [0.15, 0.2) is 5.58 Å². The summed E-state index contributed by atoms with van der Waals surface area (Å²) in [5.41, 5.74) is 1.60. The summed E-state index contributed by atoms with van der Waals surface area (Å²) in [5, 5.41) is 2.42. The van der Waals surface area contributed by atoms with Crippen molar-refractivity contribution in [3.05, 3.63) is 55.4 Å². The summed E-state index contributed by atoms with van der Waals surface area (Å²) in [6.07, 6.45) is 0. The molecule has 0 aliphatic carbocycles. The molecule has 0 bridgehead atoms. The lowest BCUT2D eigenvalue weighted by atomic mass is 10.1. The van der Waals surface area contributed by atoms with Gasteiger partial charge in [0.2, 0.25) is 0 Å². The minimum atomic E-state index is -4.13. The largest absolute Gasteiger partial charge is 0.417 e. The molecule has 4 rings (SSSR count). The van der Waals surface area contributed by atoms with Crippen LogP contribution in [0.4, 0.5) is 5.69 Å². The van der Waals surface area contributed by atoms with Gasteiger partial charge < -0.3 is 9.73 Å². The van der Waals surface area contributed by atoms with Gasteiger partial charge in [-0.3, -0.25) is 14.5 Å². The molecule has 11 heteroatoms. The molecule has 3 N–H and O–H groups in total. The van der Waals surface area contributed by atoms with Crippen LogP contribution in [0.25, 0.3) is 11.1 Å². The molecule has 0 saturated carbocycles. The fourth-order valence-corrected chi connectivity index (χ4v) is 5.64. The normalized spacial score (nSPS) is 13.7. The predicted octanol–water partition coefficient (Wildman–Crippen LogP) is 2.58. The van der Waals surface area contributed by atoms with E-state index in [0.29, 0.717) is 12.1 Å². The highest BCUT2D eigenvalue weighted by Gasteiger charge is 2.27. The Morgan fingerprint density at radius 2 is 2.00 bits per heavy atom. The van der Waals surface area contributed by atoms with Crippen LogP contribution in [0.2, 0.25) is 5.02 Å². The van der Waals surface area contributed by atoms with Crippen LogP contribution in [0.3, 0.4) is 0 Å². The van der Waals surface area contributed by atoms with Crippen LogP contribution in [0.5, 0.6) is 0 Å². The maximum absolute atomic E-state index is 12.8. The zero-order chi connectivity index (χ0) is 18.6. The number of aromatic amines is 1. The van der Waals surface area contributed by atoms with E-state index in [1.165, 1.54) is 12.1 Å². The molecule has 0 unspecified atom stereocenters. The quantitative estimate of drug-likeness (QED) is 0.557. The lowest BCUT2D eigenvalue weighted by Crippen LogP contribution is -2.15. The molecule has 0 fully saturated rings. The van der Waals surface area contributed by atoms with Crippen molar-refractivity contribution in [3.8, 4) is 0 Å². The first-order chi connectivity index (χ1) is 12.3. The number of nitrogens with one attached hydrogen (secondary N) is 3. The van der Waals surface area contributed by atoms with Crippen molar-refractivity contribution in [1.82, 2.24) is 10.3 Å². The molecule has 0 radical (unpaired) electrons. The van der Waals surface area contributed by atoms with Gasteiger partial charge in [-0.1, -0.05) is 17.7 Å². The highest BCUT2D eigenvalue weighted by Crippen LogP contribution is 2.36. The van der Waals surface area contributed by atoms with Crippen molar-refractivity contribution in [2.24, 2.45) is 0 Å². The second-order valence-corrected chi connectivity index (χ2v) is 8.40. The number of H-pyrrole nitrogens is 1. The van der Waals surface area contributed by atoms with Crippen LogP contribution < -0.4 is 15.8 Å². The number of hydrogen-bond acceptors (Lipinski definition) is 5. The summed E-state index contributed by atoms with van der Waals surface area (Å²) < 4.78 is 33.1. The van der Waals surface area contributed by atoms with Gasteiger partial charge in [-0.25, -0.2) is 13.2 Å². The molecule has 1 amide bonds. The molecule has 0 atom stereocenters. The number of sulfonamides is 1. The molecule has 2 heterocycles. The maximum Gasteiger partial charge on any atom is 0.417 e. The average molecular weight is 459 g/mol. The standard InChI is InChI=1S/C15H9BrClN3O5S/c16-9-4-10-12(25-15(22)19-10)11(17)13(9)26(23,24)20-7-2-1-6-5-18-14(21)8(6)3-7/h1-4,20H,5H2,(H,18,21)(H,19,22). The van der Waals surface area contributed by atoms with E-state index in [9.17, 15) is 18.0 Å². The zero-order valence-electron chi connectivity index (χ0n) is 12.7. The maximum atomic E-state index is 12.8. The van der Waals surface area contributed by atoms with E-state index < -0.39 is 15.8 Å². The molecule has 1 aromatic heterocycles. The molecule has 26 heavy (non-hydrogen) atoms. The summed E-state index contributed by atoms with van der Waals surface area (Å²) in [4.78, 5) is 25.2. The van der Waals surface area contributed by atoms with Crippen molar-refractivity contribution in [1.29, 1.82) is 0 Å². The Hall–Kier alpha value is -2.30. The van der Waals surface area contributed by atoms with E-state index in [4.69, 9.17) is 16.0 Å². The Morgan fingerprint density at radius 3 is 2.77 bits per heavy atom. The Bertz CT molecular complexity index is 1250. The fourth-order valence-electron chi connectivity index (χ4n) is 2.73. The highest BCUT2D eigenvalue weighted by atomic mass is 79.9. The van der Waals surface area contributed by atoms with Gasteiger partial charge in [-0.2, -0.15) is 0 Å². The number of amides is 1. The van der Waals surface area contributed by atoms with E-state index in [1.54, 1.807) is 12.1 Å². The van der Waals surface area contributed by atoms with Crippen molar-refractivity contribution in [2.75, 3.05) is 4.72 Å². The number of oxazole rings is 1. The van der Waals surface area contributed by atoms with Gasteiger partial charge in [-0.15, -0.1) is 0 Å². The highest BCUT2D eigenvalue weighted by molar-refractivity contribution is 9.10. The molecule has 0 saturated heterocycles. The summed E-state index contributed by atoms with van der Waals surface area (Å²) in [6.45, 7) is 0.405. The van der Waals surface area contributed by atoms with Crippen molar-refractivity contribution >= 4 is 60.2 Å². The molecule has 0 spiro atoms. The Morgan fingerprint density at radius 1 is 1.23 bits per heavy atom. The zero-order valence-corrected chi connectivity index (χ0v) is 15.9. The van der Waals surface area contributed by atoms with E-state index in [0.717, 1.165) is 5.56 Å². The lowest BCUT2D eigenvalue weighted by molar-refractivity contribution is 0.0965. The van der Waals surface area contributed by atoms with Crippen molar-refractivity contribution in [3.63, 3.8) is 0 Å². The van der Waals surface area contributed by atoms with E-state index >= 15 is 0 Å². The first-order valence-electron chi connectivity index (χ1n) is 7.21. The van der Waals surface area contributed by atoms with Gasteiger partial charge in [-0.05, 0) is 39.7 Å². The number of fused-ring (bicyclic) bond motifs is 2. The monoisotopic (exact) mass is 457 g/mol. The van der Waals surface area contributed by atoms with Crippen LogP contribution in [-0.2, 0) is 16.6 Å². The molecule has 1 aliphatic heterocycles. The Kier molecular flexibility index (Phi) is 3.86. The third-order valence-corrected chi connectivity index (χ3v) is 6.70. The first kappa shape index (κ1) is 17.1. The molecular weight excluding hydrogens is 450 g/mol. The van der Waals surface area contributed by atoms with E-state index in [1.807, 2.05) is 0 Å². The fraction of sp³-hybridized carbons (Fsp3) is 0.0667. The van der Waals surface area contributed by atoms with Gasteiger partial charge in [0.1, 0.15) is 9.92 Å². The van der Waals surface area contributed by atoms with Gasteiger partial charge >= 0.3 is 5.76 Å². The SMILES string of the molecule is O=C1NCc2ccc(NS(=O)(=O)c3c(Br)cc4[nH]c(=O)oc4c3Cl)cc21. The third-order valence-electron chi connectivity index (χ3n) is 3.88. The van der Waals surface area contributed by atoms with E-state index in [2.05, 4.69) is 31.0 Å². The summed E-state index contributed by atoms with van der Waals surface area (Å²) in [6, 6.07) is 6.05. The molecule has 8 nitrogen and oxygen atoms in total. The molecule has 134 valence electrons. The Balaban J connectivity index is 1.80. The van der Waals surface area contributed by atoms with Gasteiger partial charge in [0.25, 0.3) is 15.9 Å². The second-order valence-electron chi connectivity index (χ2n) is 5.55. The van der Waals surface area contributed by atoms with Gasteiger partial charge in [0.05, 0.1) is 5.52 Å². The smallest absolute Gasteiger partial charge is 0.406 e. The number of carbonyl (C=O) groups is 1. The topological polar surface area (TPSA) is 121 Å². The van der Waals surface area contributed by atoms with Crippen LogP contribution >= 0.6 is 27.5 Å². The summed E-state index contributed by atoms with van der Waals surface area (Å²) in [7, 11) is -4.13. The number of rotatable bonds is 3. The number of benzene rings is 2. The minimum absolute atomic E-state index is 0.0615. The third kappa shape index (κ3) is 2.70. The van der Waals surface area contributed by atoms with Gasteiger partial charge in [0, 0.05) is 22.3 Å². The van der Waals surface area contributed by atoms with Crippen LogP contribution in [0.15, 0.2) is 42.8 Å². The first-order valence-corrected chi connectivity index (χ1v) is 9.86. The molecule has 2 aromatic carbocycles. The molecule has 3 aromatic rings. The van der Waals surface area contributed by atoms with Crippen LogP contribution in [-0.4, -0.2) is 19.3 Å². The summed E-state index contributed by atoms with van der Waals surface area (Å²) >= 11 is 9.32. The second kappa shape index (κ2) is 5.86. The average Bonchev–Trinajstić information content (AvgIpc) is 3.09. The lowest BCUT2D eigenvalue weighted by Gasteiger charge is -2.12. The van der Waals surface area contributed by atoms with Crippen LogP contribution in [0, 0.1) is 0 Å². The predicted molar refractivity (Wildman–Crippen MR) is 98.0 cm³/mol. The van der Waals surface area contributed by atoms with E-state index in [-0.39, 0.29) is 37.1 Å². The minimum Gasteiger partial charge on any atom is -0.406 e. The number of carbonyl (C=O) groups excluding carboxylic acids is 1. The Labute approximate surface area is 159 Å². The number of halogens is 2. The van der Waals surface area contributed by atoms with Crippen LogP contribution in [0.1, 0.15) is 15.9 Å². The molecule has 1 aliphatic rings. The summed E-state index contributed by atoms with van der Waals surface area (Å²) in [5.74, 6) is -1.02. The number of aromatic nitrogens is 1. The number of hydrogen-bond donors (Lipinski definition) is 3. The molecular formula is C15H9BrClN3O5S. The number of anilines is 1. The van der Waals surface area contributed by atoms with Crippen molar-refractivity contribution < 1.29 is 17.6 Å².